The summed E-state index contributed by atoms with van der Waals surface area (Å²) < 4.78 is 5.93. The van der Waals surface area contributed by atoms with Crippen LogP contribution in [-0.4, -0.2) is 20.4 Å². The fourth-order valence-corrected chi connectivity index (χ4v) is 3.72. The fraction of sp³-hybridized carbons (Fsp3) is 0.143. The van der Waals surface area contributed by atoms with Gasteiger partial charge in [-0.1, -0.05) is 30.3 Å². The molecule has 0 aliphatic heterocycles. The first-order valence-electron chi connectivity index (χ1n) is 10.8. The van der Waals surface area contributed by atoms with Gasteiger partial charge in [-0.3, -0.25) is 0 Å². The van der Waals surface area contributed by atoms with Crippen LogP contribution in [0.4, 0.5) is 0 Å². The minimum atomic E-state index is 0.0213. The van der Waals surface area contributed by atoms with Crippen LogP contribution in [0, 0.1) is 0 Å². The van der Waals surface area contributed by atoms with E-state index in [-0.39, 0.29) is 23.0 Å². The first kappa shape index (κ1) is 22.1. The van der Waals surface area contributed by atoms with Crippen LogP contribution in [0.2, 0.25) is 0 Å². The maximum atomic E-state index is 10.3. The quantitative estimate of drug-likeness (QED) is 0.274. The lowest BCUT2D eigenvalue weighted by Gasteiger charge is -2.12. The van der Waals surface area contributed by atoms with E-state index in [0.717, 1.165) is 35.1 Å². The SMILES string of the molecule is Oc1ccc(CCc2ccc(O)c(Oc3cc(O)cc(CCc4cccc(O)c4)c3)c2)cc1. The predicted molar refractivity (Wildman–Crippen MR) is 127 cm³/mol. The van der Waals surface area contributed by atoms with Crippen molar-refractivity contribution in [1.29, 1.82) is 0 Å². The fourth-order valence-electron chi connectivity index (χ4n) is 3.72. The molecular formula is C28H26O5. The molecule has 0 spiro atoms. The van der Waals surface area contributed by atoms with Gasteiger partial charge < -0.3 is 25.2 Å². The summed E-state index contributed by atoms with van der Waals surface area (Å²) in [6.07, 6.45) is 2.90. The summed E-state index contributed by atoms with van der Waals surface area (Å²) in [5, 5.41) is 39.5. The van der Waals surface area contributed by atoms with Crippen molar-refractivity contribution in [3.8, 4) is 34.5 Å². The Morgan fingerprint density at radius 3 is 1.88 bits per heavy atom. The molecule has 5 heteroatoms. The molecule has 5 nitrogen and oxygen atoms in total. The smallest absolute Gasteiger partial charge is 0.169 e. The van der Waals surface area contributed by atoms with Crippen molar-refractivity contribution in [3.05, 3.63) is 107 Å². The van der Waals surface area contributed by atoms with Crippen LogP contribution in [0.25, 0.3) is 0 Å². The van der Waals surface area contributed by atoms with E-state index in [1.807, 2.05) is 30.3 Å². The van der Waals surface area contributed by atoms with Gasteiger partial charge in [0.15, 0.2) is 11.5 Å². The molecule has 0 atom stereocenters. The van der Waals surface area contributed by atoms with Crippen molar-refractivity contribution in [2.45, 2.75) is 25.7 Å². The van der Waals surface area contributed by atoms with Crippen LogP contribution in [0.3, 0.4) is 0 Å². The summed E-state index contributed by atoms with van der Waals surface area (Å²) in [5.41, 5.74) is 3.99. The van der Waals surface area contributed by atoms with E-state index >= 15 is 0 Å². The molecule has 4 aromatic rings. The second kappa shape index (κ2) is 10.0. The number of ether oxygens (including phenoxy) is 1. The Bertz CT molecular complexity index is 1230. The van der Waals surface area contributed by atoms with Crippen LogP contribution < -0.4 is 4.74 Å². The maximum Gasteiger partial charge on any atom is 0.169 e. The Balaban J connectivity index is 1.45. The lowest BCUT2D eigenvalue weighted by atomic mass is 10.0. The first-order chi connectivity index (χ1) is 15.9. The van der Waals surface area contributed by atoms with E-state index in [0.29, 0.717) is 24.3 Å². The number of benzene rings is 4. The molecule has 0 radical (unpaired) electrons. The van der Waals surface area contributed by atoms with Gasteiger partial charge >= 0.3 is 0 Å². The number of phenolic OH excluding ortho intramolecular Hbond substituents is 4. The Labute approximate surface area is 192 Å². The highest BCUT2D eigenvalue weighted by molar-refractivity contribution is 5.47. The zero-order valence-corrected chi connectivity index (χ0v) is 18.1. The van der Waals surface area contributed by atoms with E-state index < -0.39 is 0 Å². The summed E-state index contributed by atoms with van der Waals surface area (Å²) in [5.74, 6) is 1.34. The van der Waals surface area contributed by atoms with Crippen molar-refractivity contribution in [1.82, 2.24) is 0 Å². The predicted octanol–water partition coefficient (Wildman–Crippen LogP) is 5.87. The van der Waals surface area contributed by atoms with E-state index in [1.54, 1.807) is 48.5 Å². The molecule has 0 heterocycles. The van der Waals surface area contributed by atoms with Crippen molar-refractivity contribution in [2.24, 2.45) is 0 Å². The van der Waals surface area contributed by atoms with E-state index in [2.05, 4.69) is 0 Å². The Morgan fingerprint density at radius 2 is 1.12 bits per heavy atom. The van der Waals surface area contributed by atoms with Crippen molar-refractivity contribution < 1.29 is 25.2 Å². The maximum absolute atomic E-state index is 10.3. The summed E-state index contributed by atoms with van der Waals surface area (Å²) in [4.78, 5) is 0. The summed E-state index contributed by atoms with van der Waals surface area (Å²) in [6.45, 7) is 0. The molecule has 33 heavy (non-hydrogen) atoms. The first-order valence-corrected chi connectivity index (χ1v) is 10.8. The van der Waals surface area contributed by atoms with Crippen LogP contribution in [0.5, 0.6) is 34.5 Å². The summed E-state index contributed by atoms with van der Waals surface area (Å²) >= 11 is 0. The second-order valence-corrected chi connectivity index (χ2v) is 8.08. The highest BCUT2D eigenvalue weighted by Crippen LogP contribution is 2.34. The summed E-state index contributed by atoms with van der Waals surface area (Å²) in [7, 11) is 0. The molecule has 4 aromatic carbocycles. The molecule has 0 amide bonds. The van der Waals surface area contributed by atoms with E-state index in [9.17, 15) is 20.4 Å². The van der Waals surface area contributed by atoms with Crippen LogP contribution >= 0.6 is 0 Å². The third kappa shape index (κ3) is 6.20. The Kier molecular flexibility index (Phi) is 6.69. The number of hydrogen-bond donors (Lipinski definition) is 4. The molecule has 4 N–H and O–H groups in total. The molecule has 0 aliphatic rings. The molecule has 0 aromatic heterocycles. The Morgan fingerprint density at radius 1 is 0.485 bits per heavy atom. The monoisotopic (exact) mass is 442 g/mol. The van der Waals surface area contributed by atoms with Gasteiger partial charge in [-0.05, 0) is 96.5 Å². The van der Waals surface area contributed by atoms with Crippen LogP contribution in [-0.2, 0) is 25.7 Å². The van der Waals surface area contributed by atoms with Crippen molar-refractivity contribution >= 4 is 0 Å². The summed E-state index contributed by atoms with van der Waals surface area (Å²) in [6, 6.07) is 24.5. The normalized spacial score (nSPS) is 10.8. The van der Waals surface area contributed by atoms with E-state index in [1.165, 1.54) is 6.07 Å². The van der Waals surface area contributed by atoms with Gasteiger partial charge in [-0.2, -0.15) is 0 Å². The lowest BCUT2D eigenvalue weighted by Crippen LogP contribution is -1.94. The van der Waals surface area contributed by atoms with Crippen molar-refractivity contribution in [2.75, 3.05) is 0 Å². The lowest BCUT2D eigenvalue weighted by molar-refractivity contribution is 0.406. The minimum Gasteiger partial charge on any atom is -0.508 e. The number of rotatable bonds is 8. The second-order valence-electron chi connectivity index (χ2n) is 8.08. The Hall–Kier alpha value is -4.12. The van der Waals surface area contributed by atoms with E-state index in [4.69, 9.17) is 4.74 Å². The number of aryl methyl sites for hydroxylation is 4. The number of phenols is 4. The molecule has 0 saturated carbocycles. The van der Waals surface area contributed by atoms with Crippen molar-refractivity contribution in [3.63, 3.8) is 0 Å². The number of aromatic hydroxyl groups is 4. The van der Waals surface area contributed by atoms with Gasteiger partial charge in [0.25, 0.3) is 0 Å². The minimum absolute atomic E-state index is 0.0213. The average molecular weight is 443 g/mol. The third-order valence-electron chi connectivity index (χ3n) is 5.45. The van der Waals surface area contributed by atoms with Crippen LogP contribution in [0.15, 0.2) is 84.9 Å². The molecular weight excluding hydrogens is 416 g/mol. The zero-order chi connectivity index (χ0) is 23.2. The highest BCUT2D eigenvalue weighted by Gasteiger charge is 2.09. The molecule has 0 fully saturated rings. The van der Waals surface area contributed by atoms with Crippen LogP contribution in [0.1, 0.15) is 22.3 Å². The van der Waals surface area contributed by atoms with Gasteiger partial charge in [0, 0.05) is 6.07 Å². The largest absolute Gasteiger partial charge is 0.508 e. The average Bonchev–Trinajstić information content (AvgIpc) is 2.79. The van der Waals surface area contributed by atoms with Gasteiger partial charge in [0.2, 0.25) is 0 Å². The molecule has 0 saturated heterocycles. The zero-order valence-electron chi connectivity index (χ0n) is 18.1. The molecule has 0 bridgehead atoms. The highest BCUT2D eigenvalue weighted by atomic mass is 16.5. The molecule has 4 rings (SSSR count). The van der Waals surface area contributed by atoms with Gasteiger partial charge in [0.1, 0.15) is 23.0 Å². The third-order valence-corrected chi connectivity index (χ3v) is 5.45. The van der Waals surface area contributed by atoms with Gasteiger partial charge in [-0.15, -0.1) is 0 Å². The molecule has 0 aliphatic carbocycles. The molecule has 168 valence electrons. The van der Waals surface area contributed by atoms with Gasteiger partial charge in [-0.25, -0.2) is 0 Å². The molecule has 0 unspecified atom stereocenters. The standard InChI is InChI=1S/C28H26O5/c29-23-11-8-19(9-12-23)4-5-21-10-13-27(32)28(17-21)33-26-16-22(15-25(31)18-26)7-6-20-2-1-3-24(30)14-20/h1-3,8-18,29-32H,4-7H2. The number of hydrogen-bond acceptors (Lipinski definition) is 5. The topological polar surface area (TPSA) is 90.2 Å². The van der Waals surface area contributed by atoms with Gasteiger partial charge in [0.05, 0.1) is 0 Å².